The second kappa shape index (κ2) is 8.33. The van der Waals surface area contributed by atoms with E-state index in [1.54, 1.807) is 23.9 Å². The van der Waals surface area contributed by atoms with Gasteiger partial charge in [-0.25, -0.2) is 4.39 Å². The molecule has 120 valence electrons. The molecule has 4 nitrogen and oxygen atoms in total. The molecule has 0 atom stereocenters. The third-order valence-corrected chi connectivity index (χ3v) is 3.74. The van der Waals surface area contributed by atoms with Gasteiger partial charge in [0.25, 0.3) is 5.91 Å². The number of rotatable bonds is 5. The molecule has 2 aromatic carbocycles. The van der Waals surface area contributed by atoms with Crippen LogP contribution in [-0.2, 0) is 17.0 Å². The summed E-state index contributed by atoms with van der Waals surface area (Å²) in [5.41, 5.74) is 6.98. The highest BCUT2D eigenvalue weighted by atomic mass is 32.2. The molecule has 0 aliphatic heterocycles. The summed E-state index contributed by atoms with van der Waals surface area (Å²) in [7, 11) is 0. The molecule has 0 radical (unpaired) electrons. The monoisotopic (exact) mass is 332 g/mol. The van der Waals surface area contributed by atoms with E-state index < -0.39 is 0 Å². The van der Waals surface area contributed by atoms with Crippen LogP contribution < -0.4 is 10.9 Å². The average molecular weight is 332 g/mol. The Labute approximate surface area is 138 Å². The van der Waals surface area contributed by atoms with Gasteiger partial charge in [-0.05, 0) is 41.6 Å². The number of hydrazine groups is 1. The molecule has 2 aromatic rings. The van der Waals surface area contributed by atoms with E-state index in [-0.39, 0.29) is 24.1 Å². The van der Waals surface area contributed by atoms with Crippen LogP contribution in [0.15, 0.2) is 48.5 Å². The first-order chi connectivity index (χ1) is 11.1. The number of nitrogens with one attached hydrogen (secondary N) is 2. The van der Waals surface area contributed by atoms with Gasteiger partial charge in [-0.2, -0.15) is 11.8 Å². The molecule has 0 heterocycles. The van der Waals surface area contributed by atoms with Gasteiger partial charge in [0.1, 0.15) is 5.82 Å². The van der Waals surface area contributed by atoms with E-state index in [1.807, 2.05) is 18.4 Å². The minimum absolute atomic E-state index is 0.0627. The Kier molecular flexibility index (Phi) is 6.17. The van der Waals surface area contributed by atoms with Crippen LogP contribution in [0, 0.1) is 5.82 Å². The maximum Gasteiger partial charge on any atom is 0.269 e. The van der Waals surface area contributed by atoms with Crippen molar-refractivity contribution in [1.29, 1.82) is 0 Å². The van der Waals surface area contributed by atoms with Crippen LogP contribution in [0.25, 0.3) is 0 Å². The number of hydrogen-bond donors (Lipinski definition) is 2. The summed E-state index contributed by atoms with van der Waals surface area (Å²) >= 11 is 1.70. The van der Waals surface area contributed by atoms with Gasteiger partial charge < -0.3 is 0 Å². The zero-order valence-corrected chi connectivity index (χ0v) is 13.5. The number of halogens is 1. The topological polar surface area (TPSA) is 58.2 Å². The van der Waals surface area contributed by atoms with E-state index in [2.05, 4.69) is 10.9 Å². The molecule has 0 aromatic heterocycles. The van der Waals surface area contributed by atoms with E-state index in [1.165, 1.54) is 24.3 Å². The van der Waals surface area contributed by atoms with Crippen molar-refractivity contribution in [2.45, 2.75) is 12.2 Å². The van der Waals surface area contributed by atoms with Crippen molar-refractivity contribution in [3.8, 4) is 0 Å². The maximum absolute atomic E-state index is 12.8. The van der Waals surface area contributed by atoms with Crippen LogP contribution >= 0.6 is 11.8 Å². The van der Waals surface area contributed by atoms with Crippen molar-refractivity contribution in [3.63, 3.8) is 0 Å². The van der Waals surface area contributed by atoms with Gasteiger partial charge in [-0.1, -0.05) is 24.3 Å². The standard InChI is InChI=1S/C17H17FN2O2S/c1-23-11-13-2-6-14(7-3-13)17(22)20-19-16(21)10-12-4-8-15(18)9-5-12/h2-9H,10-11H2,1H3,(H,19,21)(H,20,22). The largest absolute Gasteiger partial charge is 0.273 e. The third kappa shape index (κ3) is 5.41. The van der Waals surface area contributed by atoms with E-state index in [9.17, 15) is 14.0 Å². The molecule has 6 heteroatoms. The van der Waals surface area contributed by atoms with Crippen LogP contribution in [0.2, 0.25) is 0 Å². The summed E-state index contributed by atoms with van der Waals surface area (Å²) in [5, 5.41) is 0. The lowest BCUT2D eigenvalue weighted by molar-refractivity contribution is -0.121. The first kappa shape index (κ1) is 17.0. The van der Waals surface area contributed by atoms with Crippen LogP contribution in [0.4, 0.5) is 4.39 Å². The number of hydrogen-bond acceptors (Lipinski definition) is 3. The lowest BCUT2D eigenvalue weighted by Gasteiger charge is -2.08. The average Bonchev–Trinajstić information content (AvgIpc) is 2.56. The summed E-state index contributed by atoms with van der Waals surface area (Å²) in [6.45, 7) is 0. The first-order valence-corrected chi connectivity index (χ1v) is 8.39. The predicted molar refractivity (Wildman–Crippen MR) is 89.4 cm³/mol. The van der Waals surface area contributed by atoms with Crippen LogP contribution in [-0.4, -0.2) is 18.1 Å². The Morgan fingerprint density at radius 2 is 1.57 bits per heavy atom. The Morgan fingerprint density at radius 1 is 0.957 bits per heavy atom. The zero-order chi connectivity index (χ0) is 16.7. The molecule has 2 rings (SSSR count). The molecule has 0 aliphatic carbocycles. The minimum Gasteiger partial charge on any atom is -0.273 e. The molecule has 0 unspecified atom stereocenters. The highest BCUT2D eigenvalue weighted by molar-refractivity contribution is 7.97. The molecule has 23 heavy (non-hydrogen) atoms. The van der Waals surface area contributed by atoms with E-state index >= 15 is 0 Å². The highest BCUT2D eigenvalue weighted by Gasteiger charge is 2.08. The number of benzene rings is 2. The van der Waals surface area contributed by atoms with Gasteiger partial charge >= 0.3 is 0 Å². The van der Waals surface area contributed by atoms with Gasteiger partial charge in [0, 0.05) is 11.3 Å². The minimum atomic E-state index is -0.381. The molecule has 0 fully saturated rings. The Balaban J connectivity index is 1.83. The summed E-state index contributed by atoms with van der Waals surface area (Å²) in [4.78, 5) is 23.7. The van der Waals surface area contributed by atoms with Crippen LogP contribution in [0.5, 0.6) is 0 Å². The third-order valence-electron chi connectivity index (χ3n) is 3.12. The SMILES string of the molecule is CSCc1ccc(C(=O)NNC(=O)Cc2ccc(F)cc2)cc1. The van der Waals surface area contributed by atoms with Gasteiger partial charge in [0.2, 0.25) is 5.91 Å². The van der Waals surface area contributed by atoms with Crippen LogP contribution in [0.3, 0.4) is 0 Å². The summed E-state index contributed by atoms with van der Waals surface area (Å²) in [5.74, 6) is -0.222. The normalized spacial score (nSPS) is 10.2. The zero-order valence-electron chi connectivity index (χ0n) is 12.6. The molecule has 0 bridgehead atoms. The molecular formula is C17H17FN2O2S. The summed E-state index contributed by atoms with van der Waals surface area (Å²) in [6, 6.07) is 12.8. The van der Waals surface area contributed by atoms with Gasteiger partial charge in [0.15, 0.2) is 0 Å². The summed E-state index contributed by atoms with van der Waals surface area (Å²) < 4.78 is 12.8. The van der Waals surface area contributed by atoms with E-state index in [0.29, 0.717) is 11.1 Å². The smallest absolute Gasteiger partial charge is 0.269 e. The van der Waals surface area contributed by atoms with Crippen molar-refractivity contribution < 1.29 is 14.0 Å². The lowest BCUT2D eigenvalue weighted by Crippen LogP contribution is -2.42. The second-order valence-electron chi connectivity index (χ2n) is 4.94. The molecule has 0 spiro atoms. The fourth-order valence-corrected chi connectivity index (χ4v) is 2.48. The van der Waals surface area contributed by atoms with E-state index in [4.69, 9.17) is 0 Å². The number of carbonyl (C=O) groups is 2. The Bertz CT molecular complexity index is 672. The number of thioether (sulfide) groups is 1. The fraction of sp³-hybridized carbons (Fsp3) is 0.176. The maximum atomic E-state index is 12.8. The second-order valence-corrected chi connectivity index (χ2v) is 5.80. The number of amides is 2. The van der Waals surface area contributed by atoms with Gasteiger partial charge in [0.05, 0.1) is 6.42 Å². The molecular weight excluding hydrogens is 315 g/mol. The molecule has 0 saturated heterocycles. The van der Waals surface area contributed by atoms with Gasteiger partial charge in [-0.3, -0.25) is 20.4 Å². The van der Waals surface area contributed by atoms with Crippen molar-refractivity contribution >= 4 is 23.6 Å². The van der Waals surface area contributed by atoms with Crippen LogP contribution in [0.1, 0.15) is 21.5 Å². The number of carbonyl (C=O) groups excluding carboxylic acids is 2. The Morgan fingerprint density at radius 3 is 2.17 bits per heavy atom. The first-order valence-electron chi connectivity index (χ1n) is 7.00. The Hall–Kier alpha value is -2.34. The lowest BCUT2D eigenvalue weighted by atomic mass is 10.1. The highest BCUT2D eigenvalue weighted by Crippen LogP contribution is 2.10. The quantitative estimate of drug-likeness (QED) is 0.828. The van der Waals surface area contributed by atoms with Crippen molar-refractivity contribution in [1.82, 2.24) is 10.9 Å². The van der Waals surface area contributed by atoms with Crippen molar-refractivity contribution in [2.24, 2.45) is 0 Å². The van der Waals surface area contributed by atoms with E-state index in [0.717, 1.165) is 11.3 Å². The molecule has 2 amide bonds. The predicted octanol–water partition coefficient (Wildman–Crippen LogP) is 2.69. The summed E-state index contributed by atoms with van der Waals surface area (Å²) in [6.07, 6.45) is 2.07. The van der Waals surface area contributed by atoms with Crippen molar-refractivity contribution in [2.75, 3.05) is 6.26 Å². The molecule has 0 aliphatic rings. The molecule has 0 saturated carbocycles. The van der Waals surface area contributed by atoms with Crippen molar-refractivity contribution in [3.05, 3.63) is 71.0 Å². The van der Waals surface area contributed by atoms with Gasteiger partial charge in [-0.15, -0.1) is 0 Å². The molecule has 2 N–H and O–H groups in total. The fourth-order valence-electron chi connectivity index (χ4n) is 1.95.